The van der Waals surface area contributed by atoms with Gasteiger partial charge in [0.15, 0.2) is 0 Å². The standard InChI is InChI=1S/C14H20N2.C3H8.H2/c1-16-8-4-6-12(10-16)14-9-11-5-2-3-7-13(11)15-14;1-3-2;/h3,7,9,12,15H,2,4-6,8,10H2,1H3;3H2,1-2H3;1H. The third-order valence-electron chi connectivity index (χ3n) is 3.88. The highest BCUT2D eigenvalue weighted by atomic mass is 15.1. The zero-order chi connectivity index (χ0) is 13.7. The maximum absolute atomic E-state index is 3.61. The van der Waals surface area contributed by atoms with Crippen LogP contribution in [-0.4, -0.2) is 30.0 Å². The molecule has 0 amide bonds. The molecule has 0 aromatic carbocycles. The molecule has 3 rings (SSSR count). The summed E-state index contributed by atoms with van der Waals surface area (Å²) in [5, 5.41) is 0. The van der Waals surface area contributed by atoms with Crippen molar-refractivity contribution < 1.29 is 1.43 Å². The lowest BCUT2D eigenvalue weighted by Gasteiger charge is -2.29. The van der Waals surface area contributed by atoms with E-state index in [1.807, 2.05) is 0 Å². The third kappa shape index (κ3) is 3.73. The summed E-state index contributed by atoms with van der Waals surface area (Å²) in [6, 6.07) is 2.41. The first-order valence-corrected chi connectivity index (χ1v) is 7.81. The van der Waals surface area contributed by atoms with Crippen molar-refractivity contribution in [2.45, 2.75) is 51.9 Å². The lowest BCUT2D eigenvalue weighted by Crippen LogP contribution is -2.30. The van der Waals surface area contributed by atoms with Gasteiger partial charge in [0.25, 0.3) is 0 Å². The molecule has 1 unspecified atom stereocenters. The van der Waals surface area contributed by atoms with Crippen molar-refractivity contribution in [2.75, 3.05) is 20.1 Å². The summed E-state index contributed by atoms with van der Waals surface area (Å²) in [7, 11) is 2.23. The Balaban J connectivity index is 0.000000462. The van der Waals surface area contributed by atoms with Gasteiger partial charge in [-0.3, -0.25) is 0 Å². The number of nitrogens with one attached hydrogen (secondary N) is 1. The molecule has 1 aliphatic heterocycles. The van der Waals surface area contributed by atoms with Crippen LogP contribution in [0.5, 0.6) is 0 Å². The van der Waals surface area contributed by atoms with Gasteiger partial charge in [-0.1, -0.05) is 26.3 Å². The number of hydrogen-bond donors (Lipinski definition) is 1. The van der Waals surface area contributed by atoms with Crippen LogP contribution >= 0.6 is 0 Å². The molecule has 0 radical (unpaired) electrons. The molecule has 1 atom stereocenters. The van der Waals surface area contributed by atoms with Gasteiger partial charge in [0.2, 0.25) is 0 Å². The molecule has 2 aliphatic rings. The van der Waals surface area contributed by atoms with Crippen molar-refractivity contribution in [3.63, 3.8) is 0 Å². The molecule has 1 saturated heterocycles. The number of hydrogen-bond acceptors (Lipinski definition) is 1. The van der Waals surface area contributed by atoms with Crippen LogP contribution in [0.4, 0.5) is 0 Å². The number of aromatic amines is 1. The van der Waals surface area contributed by atoms with Crippen molar-refractivity contribution in [2.24, 2.45) is 0 Å². The molecule has 1 fully saturated rings. The highest BCUT2D eigenvalue weighted by Gasteiger charge is 2.21. The largest absolute Gasteiger partial charge is 0.358 e. The van der Waals surface area contributed by atoms with E-state index in [1.54, 1.807) is 0 Å². The molecule has 19 heavy (non-hydrogen) atoms. The lowest BCUT2D eigenvalue weighted by molar-refractivity contribution is 0.249. The molecule has 0 saturated carbocycles. The Morgan fingerprint density at radius 2 is 2.21 bits per heavy atom. The molecular formula is C17H30N2. The number of rotatable bonds is 1. The fourth-order valence-corrected chi connectivity index (χ4v) is 2.97. The molecule has 1 aromatic heterocycles. The van der Waals surface area contributed by atoms with Crippen LogP contribution in [0, 0.1) is 0 Å². The zero-order valence-corrected chi connectivity index (χ0v) is 12.7. The predicted molar refractivity (Wildman–Crippen MR) is 85.7 cm³/mol. The Kier molecular flexibility index (Phi) is 5.26. The average Bonchev–Trinajstić information content (AvgIpc) is 2.83. The quantitative estimate of drug-likeness (QED) is 0.792. The van der Waals surface area contributed by atoms with Gasteiger partial charge < -0.3 is 9.88 Å². The van der Waals surface area contributed by atoms with Gasteiger partial charge in [-0.15, -0.1) is 0 Å². The first-order chi connectivity index (χ1) is 9.24. The molecule has 0 bridgehead atoms. The summed E-state index contributed by atoms with van der Waals surface area (Å²) in [5.41, 5.74) is 4.34. The number of nitrogens with zero attached hydrogens (tertiary/aromatic N) is 1. The second kappa shape index (κ2) is 6.95. The van der Waals surface area contributed by atoms with Gasteiger partial charge in [-0.05, 0) is 57.0 Å². The van der Waals surface area contributed by atoms with Crippen molar-refractivity contribution >= 4 is 6.08 Å². The number of likely N-dealkylation sites (N-methyl/N-ethyl adjacent to an activating group) is 1. The molecule has 108 valence electrons. The van der Waals surface area contributed by atoms with Gasteiger partial charge in [0.1, 0.15) is 0 Å². The SMILES string of the molecule is CCC.CN1CCCC(c2cc3c([nH]2)C=CCC3)C1.[HH]. The second-order valence-electron chi connectivity index (χ2n) is 5.91. The van der Waals surface area contributed by atoms with Crippen LogP contribution in [0.3, 0.4) is 0 Å². The van der Waals surface area contributed by atoms with E-state index < -0.39 is 0 Å². The van der Waals surface area contributed by atoms with Gasteiger partial charge in [-0.2, -0.15) is 0 Å². The van der Waals surface area contributed by atoms with E-state index in [9.17, 15) is 0 Å². The van der Waals surface area contributed by atoms with Gasteiger partial charge >= 0.3 is 0 Å². The lowest BCUT2D eigenvalue weighted by atomic mass is 9.94. The maximum atomic E-state index is 3.61. The first kappa shape index (κ1) is 14.4. The Hall–Kier alpha value is -1.02. The van der Waals surface area contributed by atoms with Crippen molar-refractivity contribution in [1.82, 2.24) is 9.88 Å². The summed E-state index contributed by atoms with van der Waals surface area (Å²) in [4.78, 5) is 6.06. The van der Waals surface area contributed by atoms with Crippen LogP contribution in [0.2, 0.25) is 0 Å². The number of aryl methyl sites for hydroxylation is 1. The van der Waals surface area contributed by atoms with Crippen LogP contribution in [-0.2, 0) is 6.42 Å². The van der Waals surface area contributed by atoms with E-state index in [0.29, 0.717) is 0 Å². The normalized spacial score (nSPS) is 22.6. The Bertz CT molecular complexity index is 423. The minimum absolute atomic E-state index is 0. The van der Waals surface area contributed by atoms with Gasteiger partial charge in [0, 0.05) is 25.3 Å². The van der Waals surface area contributed by atoms with Crippen LogP contribution in [0.25, 0.3) is 6.08 Å². The highest BCUT2D eigenvalue weighted by Crippen LogP contribution is 2.29. The summed E-state index contributed by atoms with van der Waals surface area (Å²) in [6.07, 6.45) is 10.9. The molecule has 1 N–H and O–H groups in total. The number of allylic oxidation sites excluding steroid dienone is 1. The minimum Gasteiger partial charge on any atom is -0.358 e. The molecule has 0 spiro atoms. The third-order valence-corrected chi connectivity index (χ3v) is 3.88. The van der Waals surface area contributed by atoms with Crippen molar-refractivity contribution in [3.05, 3.63) is 29.1 Å². The molecule has 2 nitrogen and oxygen atoms in total. The van der Waals surface area contributed by atoms with Crippen LogP contribution in [0.1, 0.15) is 63.8 Å². The molecule has 2 heteroatoms. The van der Waals surface area contributed by atoms with Gasteiger partial charge in [-0.25, -0.2) is 0 Å². The first-order valence-electron chi connectivity index (χ1n) is 7.81. The highest BCUT2D eigenvalue weighted by molar-refractivity contribution is 5.54. The van der Waals surface area contributed by atoms with E-state index in [2.05, 4.69) is 49.0 Å². The molecule has 1 aliphatic carbocycles. The number of piperidine rings is 1. The fraction of sp³-hybridized carbons (Fsp3) is 0.647. The summed E-state index contributed by atoms with van der Waals surface area (Å²) >= 11 is 0. The van der Waals surface area contributed by atoms with E-state index in [0.717, 1.165) is 5.92 Å². The van der Waals surface area contributed by atoms with E-state index in [1.165, 1.54) is 62.1 Å². The van der Waals surface area contributed by atoms with Crippen LogP contribution in [0.15, 0.2) is 12.1 Å². The summed E-state index contributed by atoms with van der Waals surface area (Å²) < 4.78 is 0. The number of H-pyrrole nitrogens is 1. The monoisotopic (exact) mass is 262 g/mol. The second-order valence-corrected chi connectivity index (χ2v) is 5.91. The number of likely N-dealkylation sites (tertiary alicyclic amines) is 1. The summed E-state index contributed by atoms with van der Waals surface area (Å²) in [5.74, 6) is 0.720. The zero-order valence-electron chi connectivity index (χ0n) is 12.7. The summed E-state index contributed by atoms with van der Waals surface area (Å²) in [6.45, 7) is 6.72. The minimum atomic E-state index is 0. The van der Waals surface area contributed by atoms with Gasteiger partial charge in [0.05, 0.1) is 0 Å². The Morgan fingerprint density at radius 1 is 1.42 bits per heavy atom. The molecular weight excluding hydrogens is 232 g/mol. The van der Waals surface area contributed by atoms with E-state index >= 15 is 0 Å². The predicted octanol–water partition coefficient (Wildman–Crippen LogP) is 4.45. The smallest absolute Gasteiger partial charge is 0.0412 e. The fourth-order valence-electron chi connectivity index (χ4n) is 2.97. The number of fused-ring (bicyclic) bond motifs is 1. The Labute approximate surface area is 119 Å². The van der Waals surface area contributed by atoms with Crippen molar-refractivity contribution in [1.29, 1.82) is 0 Å². The topological polar surface area (TPSA) is 19.0 Å². The maximum Gasteiger partial charge on any atom is 0.0412 e. The van der Waals surface area contributed by atoms with E-state index in [-0.39, 0.29) is 1.43 Å². The molecule has 1 aromatic rings. The average molecular weight is 262 g/mol. The molecule has 2 heterocycles. The van der Waals surface area contributed by atoms with E-state index in [4.69, 9.17) is 0 Å². The number of aromatic nitrogens is 1. The van der Waals surface area contributed by atoms with Crippen LogP contribution < -0.4 is 0 Å². The Morgan fingerprint density at radius 3 is 2.89 bits per heavy atom. The van der Waals surface area contributed by atoms with Crippen molar-refractivity contribution in [3.8, 4) is 0 Å².